The lowest BCUT2D eigenvalue weighted by atomic mass is 9.59. The number of ketones is 2. The second-order valence-electron chi connectivity index (χ2n) is 12.0. The van der Waals surface area contributed by atoms with Gasteiger partial charge in [-0.2, -0.15) is 0 Å². The van der Waals surface area contributed by atoms with Gasteiger partial charge in [0.25, 0.3) is 5.91 Å². The molecule has 0 spiro atoms. The number of fused-ring (bicyclic) bond motifs is 3. The van der Waals surface area contributed by atoms with Crippen molar-refractivity contribution in [1.29, 1.82) is 0 Å². The first-order chi connectivity index (χ1) is 19.2. The number of halogens is 1. The predicted octanol–water partition coefficient (Wildman–Crippen LogP) is 0.484. The Balaban J connectivity index is 1.62. The summed E-state index contributed by atoms with van der Waals surface area (Å²) in [6, 6.07) is 0.522. The number of allylic oxidation sites excluding steroid dienone is 1. The van der Waals surface area contributed by atoms with Gasteiger partial charge in [0.1, 0.15) is 28.7 Å². The monoisotopic (exact) mass is 572 g/mol. The van der Waals surface area contributed by atoms with Crippen LogP contribution in [0, 0.1) is 17.7 Å². The molecule has 1 aromatic rings. The van der Waals surface area contributed by atoms with Gasteiger partial charge in [-0.3, -0.25) is 24.2 Å². The van der Waals surface area contributed by atoms with Crippen LogP contribution in [-0.2, 0) is 27.3 Å². The van der Waals surface area contributed by atoms with Crippen LogP contribution in [0.5, 0.6) is 5.75 Å². The summed E-state index contributed by atoms with van der Waals surface area (Å²) in [5.74, 6) is -6.75. The summed E-state index contributed by atoms with van der Waals surface area (Å²) in [5, 5.41) is 34.1. The highest BCUT2D eigenvalue weighted by Crippen LogP contribution is 2.54. The van der Waals surface area contributed by atoms with E-state index >= 15 is 4.39 Å². The SMILES string of the molecule is COC1=C2C(=O)c3c(O)cc(CN4CC[C@H](N(C)C)C4)c(F)c3C[C@H]2CC2[C@H](N(C)C)C(=O)C(C(N)=O)=C(O)[C@@]12O. The van der Waals surface area contributed by atoms with E-state index in [4.69, 9.17) is 10.5 Å². The molecule has 5 rings (SSSR count). The van der Waals surface area contributed by atoms with Crippen LogP contribution in [0.1, 0.15) is 34.3 Å². The average molecular weight is 573 g/mol. The number of aromatic hydroxyl groups is 1. The lowest BCUT2D eigenvalue weighted by Gasteiger charge is -2.51. The number of rotatable bonds is 6. The number of benzene rings is 1. The molecule has 1 saturated heterocycles. The largest absolute Gasteiger partial charge is 0.508 e. The molecular weight excluding hydrogens is 535 g/mol. The molecular formula is C29H37FN4O7. The average Bonchev–Trinajstić information content (AvgIpc) is 3.35. The maximum atomic E-state index is 16.1. The summed E-state index contributed by atoms with van der Waals surface area (Å²) in [6.45, 7) is 1.80. The van der Waals surface area contributed by atoms with Crippen molar-refractivity contribution in [3.8, 4) is 5.75 Å². The Kier molecular flexibility index (Phi) is 7.26. The molecule has 222 valence electrons. The molecule has 1 aliphatic heterocycles. The number of likely N-dealkylation sites (N-methyl/N-ethyl adjacent to an activating group) is 2. The van der Waals surface area contributed by atoms with E-state index in [0.717, 1.165) is 19.5 Å². The summed E-state index contributed by atoms with van der Waals surface area (Å²) in [7, 11) is 8.36. The Bertz CT molecular complexity index is 1400. The molecule has 3 aliphatic carbocycles. The fourth-order valence-electron chi connectivity index (χ4n) is 7.32. The van der Waals surface area contributed by atoms with E-state index in [0.29, 0.717) is 6.04 Å². The van der Waals surface area contributed by atoms with Gasteiger partial charge in [-0.25, -0.2) is 4.39 Å². The maximum Gasteiger partial charge on any atom is 0.255 e. The molecule has 11 nitrogen and oxygen atoms in total. The van der Waals surface area contributed by atoms with E-state index in [1.54, 1.807) is 14.1 Å². The van der Waals surface area contributed by atoms with Crippen LogP contribution in [0.3, 0.4) is 0 Å². The lowest BCUT2D eigenvalue weighted by molar-refractivity contribution is -0.137. The highest BCUT2D eigenvalue weighted by Gasteiger charge is 2.63. The van der Waals surface area contributed by atoms with Gasteiger partial charge in [-0.05, 0) is 59.4 Å². The highest BCUT2D eigenvalue weighted by molar-refractivity contribution is 6.22. The standard InChI is InChI=1S/C29H37FN4O7/c1-32(2)15-6-7-34(12-15)11-14-10-18(35)20-16(22(14)30)8-13-9-17-23(33(3)4)25(37)21(28(31)39)26(38)29(17,40)27(41-5)19(13)24(20)36/h10,13,15,17,23,35,38,40H,6-9,11-12H2,1-5H3,(H2,31,39)/t13-,15-,17?,23-,29+/m0/s1. The number of nitrogens with zero attached hydrogens (tertiary/aromatic N) is 3. The van der Waals surface area contributed by atoms with Gasteiger partial charge in [0.15, 0.2) is 17.2 Å². The summed E-state index contributed by atoms with van der Waals surface area (Å²) in [6.07, 6.45) is 0.940. The number of primary amides is 1. The van der Waals surface area contributed by atoms with Crippen LogP contribution >= 0.6 is 0 Å². The van der Waals surface area contributed by atoms with Gasteiger partial charge in [-0.1, -0.05) is 0 Å². The van der Waals surface area contributed by atoms with Crippen molar-refractivity contribution < 1.29 is 38.8 Å². The molecule has 1 aromatic carbocycles. The molecule has 0 radical (unpaired) electrons. The van der Waals surface area contributed by atoms with E-state index < -0.39 is 58.1 Å². The number of carbonyl (C=O) groups excluding carboxylic acids is 3. The van der Waals surface area contributed by atoms with Crippen molar-refractivity contribution in [2.75, 3.05) is 48.4 Å². The van der Waals surface area contributed by atoms with Gasteiger partial charge in [-0.15, -0.1) is 0 Å². The third-order valence-electron chi connectivity index (χ3n) is 9.28. The second-order valence-corrected chi connectivity index (χ2v) is 12.0. The number of phenols is 1. The number of Topliss-reactive ketones (excluding diaryl/α,β-unsaturated/α-hetero) is 2. The van der Waals surface area contributed by atoms with Gasteiger partial charge in [0.2, 0.25) is 0 Å². The van der Waals surface area contributed by atoms with E-state index in [1.165, 1.54) is 18.1 Å². The van der Waals surface area contributed by atoms with Crippen molar-refractivity contribution >= 4 is 17.5 Å². The number of nitrogens with two attached hydrogens (primary N) is 1. The zero-order chi connectivity index (χ0) is 30.1. The first-order valence-electron chi connectivity index (χ1n) is 13.7. The van der Waals surface area contributed by atoms with E-state index in [-0.39, 0.29) is 53.2 Å². The molecule has 0 aromatic heterocycles. The Morgan fingerprint density at radius 2 is 1.90 bits per heavy atom. The quantitative estimate of drug-likeness (QED) is 0.354. The summed E-state index contributed by atoms with van der Waals surface area (Å²) >= 11 is 0. The number of amides is 1. The summed E-state index contributed by atoms with van der Waals surface area (Å²) < 4.78 is 21.6. The first kappa shape index (κ1) is 29.2. The van der Waals surface area contributed by atoms with Crippen LogP contribution in [-0.4, -0.2) is 114 Å². The highest BCUT2D eigenvalue weighted by atomic mass is 19.1. The van der Waals surface area contributed by atoms with Crippen molar-refractivity contribution in [2.45, 2.75) is 43.5 Å². The van der Waals surface area contributed by atoms with Gasteiger partial charge < -0.3 is 30.7 Å². The molecule has 41 heavy (non-hydrogen) atoms. The van der Waals surface area contributed by atoms with Crippen molar-refractivity contribution in [2.24, 2.45) is 17.6 Å². The molecule has 1 heterocycles. The van der Waals surface area contributed by atoms with Crippen molar-refractivity contribution in [1.82, 2.24) is 14.7 Å². The Morgan fingerprint density at radius 3 is 2.46 bits per heavy atom. The number of aliphatic hydroxyl groups excluding tert-OH is 1. The van der Waals surface area contributed by atoms with Gasteiger partial charge in [0, 0.05) is 48.3 Å². The number of likely N-dealkylation sites (tertiary alicyclic amines) is 1. The minimum Gasteiger partial charge on any atom is -0.508 e. The zero-order valence-electron chi connectivity index (χ0n) is 23.9. The van der Waals surface area contributed by atoms with Crippen molar-refractivity contribution in [3.05, 3.63) is 51.2 Å². The topological polar surface area (TPSA) is 157 Å². The molecule has 0 saturated carbocycles. The molecule has 0 bridgehead atoms. The summed E-state index contributed by atoms with van der Waals surface area (Å²) in [5.41, 5.74) is 2.32. The Labute approximate surface area is 237 Å². The normalized spacial score (nSPS) is 30.2. The number of aliphatic hydroxyl groups is 2. The van der Waals surface area contributed by atoms with Gasteiger partial charge in [0.05, 0.1) is 18.7 Å². The first-order valence-corrected chi connectivity index (χ1v) is 13.7. The van der Waals surface area contributed by atoms with Crippen LogP contribution < -0.4 is 5.73 Å². The number of methoxy groups -OCH3 is 1. The Hall–Kier alpha value is -3.32. The summed E-state index contributed by atoms with van der Waals surface area (Å²) in [4.78, 5) is 45.2. The Morgan fingerprint density at radius 1 is 1.22 bits per heavy atom. The number of hydrogen-bond acceptors (Lipinski definition) is 10. The molecule has 1 fully saturated rings. The van der Waals surface area contributed by atoms with E-state index in [1.807, 2.05) is 14.1 Å². The minimum absolute atomic E-state index is 0.00433. The third-order valence-corrected chi connectivity index (χ3v) is 9.28. The molecule has 1 amide bonds. The predicted molar refractivity (Wildman–Crippen MR) is 145 cm³/mol. The smallest absolute Gasteiger partial charge is 0.255 e. The van der Waals surface area contributed by atoms with Crippen LogP contribution in [0.15, 0.2) is 28.7 Å². The third kappa shape index (κ3) is 4.27. The number of ether oxygens (including phenoxy) is 1. The van der Waals surface area contributed by atoms with Crippen LogP contribution in [0.25, 0.3) is 0 Å². The fraction of sp³-hybridized carbons (Fsp3) is 0.552. The molecule has 5 atom stereocenters. The molecule has 1 unspecified atom stereocenters. The second kappa shape index (κ2) is 10.2. The number of carbonyl (C=O) groups is 3. The maximum absolute atomic E-state index is 16.1. The molecule has 4 aliphatic rings. The van der Waals surface area contributed by atoms with E-state index in [9.17, 15) is 29.7 Å². The number of phenolic OH excluding ortho intramolecular Hbond substituents is 1. The fourth-order valence-corrected chi connectivity index (χ4v) is 7.32. The lowest BCUT2D eigenvalue weighted by Crippen LogP contribution is -2.63. The van der Waals surface area contributed by atoms with Gasteiger partial charge >= 0.3 is 0 Å². The molecule has 12 heteroatoms. The van der Waals surface area contributed by atoms with Crippen LogP contribution in [0.2, 0.25) is 0 Å². The van der Waals surface area contributed by atoms with Crippen LogP contribution in [0.4, 0.5) is 4.39 Å². The molecule has 5 N–H and O–H groups in total. The van der Waals surface area contributed by atoms with Crippen molar-refractivity contribution in [3.63, 3.8) is 0 Å². The zero-order valence-corrected chi connectivity index (χ0v) is 23.9. The minimum atomic E-state index is -2.42. The number of hydrogen-bond donors (Lipinski definition) is 4. The van der Waals surface area contributed by atoms with E-state index in [2.05, 4.69) is 9.80 Å².